The number of methoxy groups -OCH3 is 1. The molecule has 134 valence electrons. The molecule has 0 radical (unpaired) electrons. The summed E-state index contributed by atoms with van der Waals surface area (Å²) in [6.07, 6.45) is 4.75. The molecule has 1 aromatic heterocycles. The Balaban J connectivity index is 1.85. The van der Waals surface area contributed by atoms with Crippen molar-refractivity contribution in [3.05, 3.63) is 64.5 Å². The van der Waals surface area contributed by atoms with Gasteiger partial charge in [-0.15, -0.1) is 11.3 Å². The van der Waals surface area contributed by atoms with Crippen LogP contribution in [-0.2, 0) is 0 Å². The zero-order valence-electron chi connectivity index (χ0n) is 14.7. The number of hydrogen-bond acceptors (Lipinski definition) is 3. The highest BCUT2D eigenvalue weighted by atomic mass is 32.1. The first-order valence-electron chi connectivity index (χ1n) is 8.90. The van der Waals surface area contributed by atoms with E-state index in [0.29, 0.717) is 11.7 Å². The van der Waals surface area contributed by atoms with E-state index < -0.39 is 0 Å². The third kappa shape index (κ3) is 3.31. The number of nitrogens with zero attached hydrogens (tertiary/aromatic N) is 2. The fraction of sp³-hybridized carbons (Fsp3) is 0.286. The van der Waals surface area contributed by atoms with Gasteiger partial charge in [-0.05, 0) is 54.8 Å². The van der Waals surface area contributed by atoms with Gasteiger partial charge >= 0.3 is 0 Å². The first-order chi connectivity index (χ1) is 12.8. The van der Waals surface area contributed by atoms with E-state index in [2.05, 4.69) is 27.1 Å². The summed E-state index contributed by atoms with van der Waals surface area (Å²) in [5.41, 5.74) is 2.66. The lowest BCUT2D eigenvalue weighted by Crippen LogP contribution is -2.20. The highest BCUT2D eigenvalue weighted by Gasteiger charge is 2.21. The molecule has 0 amide bonds. The van der Waals surface area contributed by atoms with E-state index in [-0.39, 0.29) is 5.82 Å². The minimum Gasteiger partial charge on any atom is -0.497 e. The van der Waals surface area contributed by atoms with Gasteiger partial charge in [0.05, 0.1) is 12.8 Å². The first kappa shape index (κ1) is 17.0. The van der Waals surface area contributed by atoms with Gasteiger partial charge in [0.25, 0.3) is 0 Å². The Kier molecular flexibility index (Phi) is 4.89. The lowest BCUT2D eigenvalue weighted by atomic mass is 10.1. The van der Waals surface area contributed by atoms with E-state index in [4.69, 9.17) is 4.74 Å². The molecule has 0 aliphatic heterocycles. The van der Waals surface area contributed by atoms with Crippen molar-refractivity contribution < 1.29 is 9.13 Å². The average molecular weight is 368 g/mol. The quantitative estimate of drug-likeness (QED) is 0.579. The summed E-state index contributed by atoms with van der Waals surface area (Å²) in [4.78, 5) is 5.50. The molecule has 4 rings (SSSR count). The van der Waals surface area contributed by atoms with Crippen LogP contribution in [0.3, 0.4) is 0 Å². The van der Waals surface area contributed by atoms with Crippen molar-refractivity contribution >= 4 is 17.0 Å². The predicted molar refractivity (Wildman–Crippen MR) is 103 cm³/mol. The second-order valence-corrected chi connectivity index (χ2v) is 7.34. The lowest BCUT2D eigenvalue weighted by molar-refractivity contribution is 0.415. The molecule has 26 heavy (non-hydrogen) atoms. The maximum Gasteiger partial charge on any atom is 0.190 e. The zero-order chi connectivity index (χ0) is 17.9. The first-order valence-corrected chi connectivity index (χ1v) is 9.78. The van der Waals surface area contributed by atoms with Crippen molar-refractivity contribution in [1.82, 2.24) is 4.57 Å². The van der Waals surface area contributed by atoms with Crippen LogP contribution in [0.15, 0.2) is 58.9 Å². The van der Waals surface area contributed by atoms with Gasteiger partial charge in [-0.2, -0.15) is 0 Å². The van der Waals surface area contributed by atoms with Gasteiger partial charge in [0, 0.05) is 11.4 Å². The highest BCUT2D eigenvalue weighted by Crippen LogP contribution is 2.34. The molecule has 0 N–H and O–H groups in total. The number of ether oxygens (including phenoxy) is 1. The van der Waals surface area contributed by atoms with Crippen LogP contribution in [0.25, 0.3) is 11.3 Å². The molecule has 2 aromatic carbocycles. The monoisotopic (exact) mass is 368 g/mol. The molecule has 0 spiro atoms. The standard InChI is InChI=1S/C21H21FN2OS/c1-25-17-12-10-15(11-13-17)20-14-26-21(24(20)16-6-2-3-7-16)23-19-9-5-4-8-18(19)22/h4-5,8-14,16H,2-3,6-7H2,1H3. The molecule has 0 atom stereocenters. The third-order valence-corrected chi connectivity index (χ3v) is 5.73. The summed E-state index contributed by atoms with van der Waals surface area (Å²) in [6, 6.07) is 15.2. The minimum absolute atomic E-state index is 0.287. The van der Waals surface area contributed by atoms with E-state index in [1.54, 1.807) is 30.6 Å². The Morgan fingerprint density at radius 2 is 1.81 bits per heavy atom. The molecule has 1 heterocycles. The second-order valence-electron chi connectivity index (χ2n) is 6.50. The molecule has 1 aliphatic rings. The van der Waals surface area contributed by atoms with Crippen LogP contribution in [0.1, 0.15) is 31.7 Å². The Bertz CT molecular complexity index is 953. The van der Waals surface area contributed by atoms with Gasteiger partial charge in [-0.25, -0.2) is 9.38 Å². The van der Waals surface area contributed by atoms with Crippen LogP contribution in [0, 0.1) is 5.82 Å². The Morgan fingerprint density at radius 1 is 1.08 bits per heavy atom. The molecular formula is C21H21FN2OS. The fourth-order valence-electron chi connectivity index (χ4n) is 3.54. The second kappa shape index (κ2) is 7.46. The van der Waals surface area contributed by atoms with Crippen LogP contribution < -0.4 is 9.54 Å². The van der Waals surface area contributed by atoms with E-state index in [1.165, 1.54) is 18.9 Å². The van der Waals surface area contributed by atoms with Gasteiger partial charge in [0.2, 0.25) is 0 Å². The van der Waals surface area contributed by atoms with E-state index in [1.807, 2.05) is 18.2 Å². The molecule has 3 aromatic rings. The molecule has 1 saturated carbocycles. The number of para-hydroxylation sites is 1. The summed E-state index contributed by atoms with van der Waals surface area (Å²) in [5, 5.41) is 2.12. The molecular weight excluding hydrogens is 347 g/mol. The van der Waals surface area contributed by atoms with Crippen molar-refractivity contribution in [2.75, 3.05) is 7.11 Å². The number of rotatable bonds is 4. The van der Waals surface area contributed by atoms with Gasteiger partial charge in [-0.3, -0.25) is 0 Å². The van der Waals surface area contributed by atoms with Crippen molar-refractivity contribution in [1.29, 1.82) is 0 Å². The van der Waals surface area contributed by atoms with E-state index in [0.717, 1.165) is 34.6 Å². The number of aromatic nitrogens is 1. The smallest absolute Gasteiger partial charge is 0.190 e. The number of thiazole rings is 1. The predicted octanol–water partition coefficient (Wildman–Crippen LogP) is 5.71. The van der Waals surface area contributed by atoms with Crippen molar-refractivity contribution in [3.63, 3.8) is 0 Å². The average Bonchev–Trinajstić information content (AvgIpc) is 3.33. The van der Waals surface area contributed by atoms with Crippen LogP contribution in [0.5, 0.6) is 5.75 Å². The topological polar surface area (TPSA) is 26.5 Å². The SMILES string of the molecule is COc1ccc(-c2csc(=Nc3ccccc3F)n2C2CCCC2)cc1. The lowest BCUT2D eigenvalue weighted by Gasteiger charge is -2.16. The highest BCUT2D eigenvalue weighted by molar-refractivity contribution is 7.07. The van der Waals surface area contributed by atoms with Crippen LogP contribution in [0.4, 0.5) is 10.1 Å². The van der Waals surface area contributed by atoms with Crippen LogP contribution >= 0.6 is 11.3 Å². The molecule has 5 heteroatoms. The summed E-state index contributed by atoms with van der Waals surface area (Å²) < 4.78 is 21.7. The Hall–Kier alpha value is -2.40. The van der Waals surface area contributed by atoms with Crippen molar-refractivity contribution in [2.45, 2.75) is 31.7 Å². The molecule has 0 unspecified atom stereocenters. The number of hydrogen-bond donors (Lipinski definition) is 0. The third-order valence-electron chi connectivity index (χ3n) is 4.89. The summed E-state index contributed by atoms with van der Waals surface area (Å²) >= 11 is 1.57. The van der Waals surface area contributed by atoms with Crippen molar-refractivity contribution in [2.24, 2.45) is 4.99 Å². The van der Waals surface area contributed by atoms with Gasteiger partial charge < -0.3 is 9.30 Å². The fourth-order valence-corrected chi connectivity index (χ4v) is 4.51. The van der Waals surface area contributed by atoms with Gasteiger partial charge in [-0.1, -0.05) is 25.0 Å². The normalized spacial score (nSPS) is 15.5. The summed E-state index contributed by atoms with van der Waals surface area (Å²) in [5.74, 6) is 0.553. The van der Waals surface area contributed by atoms with E-state index in [9.17, 15) is 4.39 Å². The van der Waals surface area contributed by atoms with Crippen molar-refractivity contribution in [3.8, 4) is 17.0 Å². The zero-order valence-corrected chi connectivity index (χ0v) is 15.5. The number of benzene rings is 2. The molecule has 0 bridgehead atoms. The molecule has 1 aliphatic carbocycles. The largest absolute Gasteiger partial charge is 0.497 e. The molecule has 0 saturated heterocycles. The van der Waals surface area contributed by atoms with Crippen LogP contribution in [0.2, 0.25) is 0 Å². The van der Waals surface area contributed by atoms with Gasteiger partial charge in [0.1, 0.15) is 17.3 Å². The Labute approximate surface area is 156 Å². The molecule has 1 fully saturated rings. The summed E-state index contributed by atoms with van der Waals surface area (Å²) in [7, 11) is 1.67. The number of halogens is 1. The molecule has 3 nitrogen and oxygen atoms in total. The van der Waals surface area contributed by atoms with Gasteiger partial charge in [0.15, 0.2) is 4.80 Å². The van der Waals surface area contributed by atoms with E-state index >= 15 is 0 Å². The maximum atomic E-state index is 14.1. The maximum absolute atomic E-state index is 14.1. The summed E-state index contributed by atoms with van der Waals surface area (Å²) in [6.45, 7) is 0. The Morgan fingerprint density at radius 3 is 2.50 bits per heavy atom. The van der Waals surface area contributed by atoms with Crippen LogP contribution in [-0.4, -0.2) is 11.7 Å². The minimum atomic E-state index is -0.287.